The first kappa shape index (κ1) is 12.4. The number of pyridine rings is 1. The molecule has 0 atom stereocenters. The Hall–Kier alpha value is -2.06. The first-order valence-corrected chi connectivity index (χ1v) is 6.18. The fourth-order valence-electron chi connectivity index (χ4n) is 1.52. The van der Waals surface area contributed by atoms with Gasteiger partial charge in [-0.15, -0.1) is 17.8 Å². The third kappa shape index (κ3) is 2.15. The Labute approximate surface area is 109 Å². The van der Waals surface area contributed by atoms with Crippen LogP contribution in [0.2, 0.25) is 0 Å². The standard InChI is InChI=1S/C13H13N3OS/c1-4-13(2,3)16-12(17)11-10(14)8-5-6-15-7-9(8)18-11/h1,5-7H,14H2,2-3H3,(H,16,17). The van der Waals surface area contributed by atoms with Crippen molar-refractivity contribution in [3.05, 3.63) is 23.3 Å². The number of rotatable bonds is 2. The highest BCUT2D eigenvalue weighted by Crippen LogP contribution is 2.32. The molecule has 92 valence electrons. The van der Waals surface area contributed by atoms with Crippen LogP contribution >= 0.6 is 11.3 Å². The Bertz CT molecular complexity index is 652. The molecular formula is C13H13N3OS. The molecule has 0 saturated heterocycles. The summed E-state index contributed by atoms with van der Waals surface area (Å²) in [5, 5.41) is 3.60. The smallest absolute Gasteiger partial charge is 0.264 e. The van der Waals surface area contributed by atoms with Crippen LogP contribution < -0.4 is 11.1 Å². The van der Waals surface area contributed by atoms with Gasteiger partial charge < -0.3 is 11.1 Å². The summed E-state index contributed by atoms with van der Waals surface area (Å²) in [7, 11) is 0. The number of amides is 1. The Morgan fingerprint density at radius 1 is 1.61 bits per heavy atom. The Kier molecular flexibility index (Phi) is 2.97. The second-order valence-corrected chi connectivity index (χ2v) is 5.49. The predicted molar refractivity (Wildman–Crippen MR) is 74.4 cm³/mol. The maximum Gasteiger partial charge on any atom is 0.264 e. The summed E-state index contributed by atoms with van der Waals surface area (Å²) < 4.78 is 0.888. The average Bonchev–Trinajstić information content (AvgIpc) is 2.67. The van der Waals surface area contributed by atoms with E-state index in [1.54, 1.807) is 32.3 Å². The molecule has 2 rings (SSSR count). The number of nitrogen functional groups attached to an aromatic ring is 1. The largest absolute Gasteiger partial charge is 0.397 e. The van der Waals surface area contributed by atoms with Crippen molar-refractivity contribution in [3.8, 4) is 12.3 Å². The lowest BCUT2D eigenvalue weighted by molar-refractivity contribution is 0.0935. The van der Waals surface area contributed by atoms with Crippen LogP contribution in [-0.2, 0) is 0 Å². The van der Waals surface area contributed by atoms with Crippen molar-refractivity contribution < 1.29 is 4.79 Å². The van der Waals surface area contributed by atoms with E-state index in [1.165, 1.54) is 11.3 Å². The molecule has 2 heterocycles. The summed E-state index contributed by atoms with van der Waals surface area (Å²) in [6, 6.07) is 1.80. The summed E-state index contributed by atoms with van der Waals surface area (Å²) in [5.74, 6) is 2.26. The van der Waals surface area contributed by atoms with Gasteiger partial charge >= 0.3 is 0 Å². The van der Waals surface area contributed by atoms with Gasteiger partial charge in [-0.25, -0.2) is 0 Å². The van der Waals surface area contributed by atoms with Crippen molar-refractivity contribution in [2.75, 3.05) is 5.73 Å². The summed E-state index contributed by atoms with van der Waals surface area (Å²) in [6.45, 7) is 3.52. The van der Waals surface area contributed by atoms with Crippen LogP contribution in [0.3, 0.4) is 0 Å². The number of anilines is 1. The molecule has 3 N–H and O–H groups in total. The van der Waals surface area contributed by atoms with E-state index in [2.05, 4.69) is 16.2 Å². The number of terminal acetylenes is 1. The number of nitrogens with one attached hydrogen (secondary N) is 1. The lowest BCUT2D eigenvalue weighted by Crippen LogP contribution is -2.41. The molecule has 0 aliphatic rings. The number of fused-ring (bicyclic) bond motifs is 1. The minimum absolute atomic E-state index is 0.253. The highest BCUT2D eigenvalue weighted by Gasteiger charge is 2.22. The molecule has 0 spiro atoms. The van der Waals surface area contributed by atoms with E-state index in [4.69, 9.17) is 12.2 Å². The van der Waals surface area contributed by atoms with Crippen LogP contribution in [0.5, 0.6) is 0 Å². The van der Waals surface area contributed by atoms with Crippen molar-refractivity contribution >= 4 is 33.0 Å². The molecule has 0 saturated carbocycles. The number of nitrogens with zero attached hydrogens (tertiary/aromatic N) is 1. The molecule has 0 aromatic carbocycles. The van der Waals surface area contributed by atoms with E-state index in [1.807, 2.05) is 0 Å². The van der Waals surface area contributed by atoms with Crippen molar-refractivity contribution in [1.29, 1.82) is 0 Å². The normalized spacial score (nSPS) is 11.2. The van der Waals surface area contributed by atoms with Gasteiger partial charge in [0, 0.05) is 17.8 Å². The fourth-order valence-corrected chi connectivity index (χ4v) is 2.50. The zero-order valence-electron chi connectivity index (χ0n) is 10.2. The van der Waals surface area contributed by atoms with Gasteiger partial charge in [0.15, 0.2) is 0 Å². The summed E-state index contributed by atoms with van der Waals surface area (Å²) in [5.41, 5.74) is 5.75. The first-order chi connectivity index (χ1) is 8.44. The van der Waals surface area contributed by atoms with Crippen molar-refractivity contribution in [3.63, 3.8) is 0 Å². The monoisotopic (exact) mass is 259 g/mol. The molecule has 4 nitrogen and oxygen atoms in total. The maximum absolute atomic E-state index is 12.1. The van der Waals surface area contributed by atoms with Gasteiger partial charge in [-0.1, -0.05) is 5.92 Å². The number of thiophene rings is 1. The average molecular weight is 259 g/mol. The van der Waals surface area contributed by atoms with E-state index in [9.17, 15) is 4.79 Å². The number of carbonyl (C=O) groups is 1. The van der Waals surface area contributed by atoms with Crippen LogP contribution in [-0.4, -0.2) is 16.4 Å². The topological polar surface area (TPSA) is 68.0 Å². The van der Waals surface area contributed by atoms with Crippen LogP contribution in [0.1, 0.15) is 23.5 Å². The van der Waals surface area contributed by atoms with Crippen molar-refractivity contribution in [1.82, 2.24) is 10.3 Å². The summed E-state index contributed by atoms with van der Waals surface area (Å²) in [4.78, 5) is 16.6. The summed E-state index contributed by atoms with van der Waals surface area (Å²) in [6.07, 6.45) is 8.69. The van der Waals surface area contributed by atoms with Gasteiger partial charge in [-0.05, 0) is 19.9 Å². The molecule has 0 bridgehead atoms. The van der Waals surface area contributed by atoms with Gasteiger partial charge in [0.25, 0.3) is 5.91 Å². The zero-order valence-corrected chi connectivity index (χ0v) is 11.0. The van der Waals surface area contributed by atoms with Crippen LogP contribution in [0, 0.1) is 12.3 Å². The Morgan fingerprint density at radius 3 is 2.94 bits per heavy atom. The SMILES string of the molecule is C#CC(C)(C)NC(=O)c1sc2cnccc2c1N. The lowest BCUT2D eigenvalue weighted by Gasteiger charge is -2.19. The maximum atomic E-state index is 12.1. The fraction of sp³-hybridized carbons (Fsp3) is 0.231. The third-order valence-electron chi connectivity index (χ3n) is 2.52. The molecule has 0 aliphatic heterocycles. The molecule has 2 aromatic rings. The van der Waals surface area contributed by atoms with Gasteiger partial charge in [0.05, 0.1) is 15.9 Å². The molecule has 2 aromatic heterocycles. The minimum Gasteiger partial charge on any atom is -0.397 e. The van der Waals surface area contributed by atoms with Crippen LogP contribution in [0.15, 0.2) is 18.5 Å². The zero-order chi connectivity index (χ0) is 13.3. The van der Waals surface area contributed by atoms with E-state index in [0.717, 1.165) is 10.1 Å². The van der Waals surface area contributed by atoms with Gasteiger partial charge in [-0.2, -0.15) is 0 Å². The van der Waals surface area contributed by atoms with E-state index >= 15 is 0 Å². The highest BCUT2D eigenvalue weighted by atomic mass is 32.1. The van der Waals surface area contributed by atoms with Crippen LogP contribution in [0.4, 0.5) is 5.69 Å². The molecule has 0 fully saturated rings. The second-order valence-electron chi connectivity index (χ2n) is 4.44. The number of nitrogens with two attached hydrogens (primary N) is 1. The predicted octanol–water partition coefficient (Wildman–Crippen LogP) is 2.02. The minimum atomic E-state index is -0.696. The number of carbonyl (C=O) groups excluding carboxylic acids is 1. The molecular weight excluding hydrogens is 246 g/mol. The van der Waals surface area contributed by atoms with E-state index in [0.29, 0.717) is 10.6 Å². The highest BCUT2D eigenvalue weighted by molar-refractivity contribution is 7.21. The van der Waals surface area contributed by atoms with Crippen molar-refractivity contribution in [2.45, 2.75) is 19.4 Å². The molecule has 1 amide bonds. The molecule has 0 unspecified atom stereocenters. The third-order valence-corrected chi connectivity index (χ3v) is 3.68. The van der Waals surface area contributed by atoms with Gasteiger partial charge in [0.2, 0.25) is 0 Å². The molecule has 5 heteroatoms. The number of aromatic nitrogens is 1. The first-order valence-electron chi connectivity index (χ1n) is 5.37. The molecule has 18 heavy (non-hydrogen) atoms. The number of hydrogen-bond acceptors (Lipinski definition) is 4. The molecule has 0 aliphatic carbocycles. The summed E-state index contributed by atoms with van der Waals surface area (Å²) >= 11 is 1.32. The number of hydrogen-bond donors (Lipinski definition) is 2. The Balaban J connectivity index is 2.41. The van der Waals surface area contributed by atoms with Gasteiger partial charge in [0.1, 0.15) is 4.88 Å². The molecule has 0 radical (unpaired) electrons. The second kappa shape index (κ2) is 4.31. The van der Waals surface area contributed by atoms with E-state index < -0.39 is 5.54 Å². The van der Waals surface area contributed by atoms with E-state index in [-0.39, 0.29) is 5.91 Å². The van der Waals surface area contributed by atoms with Crippen molar-refractivity contribution in [2.24, 2.45) is 0 Å². The quantitative estimate of drug-likeness (QED) is 0.811. The van der Waals surface area contributed by atoms with Crippen LogP contribution in [0.25, 0.3) is 10.1 Å². The Morgan fingerprint density at radius 2 is 2.33 bits per heavy atom. The van der Waals surface area contributed by atoms with Gasteiger partial charge in [-0.3, -0.25) is 9.78 Å². The lowest BCUT2D eigenvalue weighted by atomic mass is 10.1.